The maximum Gasteiger partial charge on any atom is 0.255 e. The molecule has 3 unspecified atom stereocenters. The lowest BCUT2D eigenvalue weighted by Crippen LogP contribution is -2.52. The fourth-order valence-corrected chi connectivity index (χ4v) is 4.56. The van der Waals surface area contributed by atoms with Crippen molar-refractivity contribution in [3.63, 3.8) is 0 Å². The van der Waals surface area contributed by atoms with Gasteiger partial charge in [-0.3, -0.25) is 4.79 Å². The Labute approximate surface area is 166 Å². The number of hydrogen-bond acceptors (Lipinski definition) is 5. The zero-order valence-electron chi connectivity index (χ0n) is 15.7. The summed E-state index contributed by atoms with van der Waals surface area (Å²) in [5.41, 5.74) is 0.864. The summed E-state index contributed by atoms with van der Waals surface area (Å²) in [6, 6.07) is 7.55. The molecule has 2 bridgehead atoms. The number of aromatic amines is 1. The summed E-state index contributed by atoms with van der Waals surface area (Å²) in [5, 5.41) is 13.7. The Morgan fingerprint density at radius 1 is 1.24 bits per heavy atom. The van der Waals surface area contributed by atoms with E-state index in [1.165, 1.54) is 18.3 Å². The summed E-state index contributed by atoms with van der Waals surface area (Å²) in [5.74, 6) is 0.464. The van der Waals surface area contributed by atoms with Crippen molar-refractivity contribution in [2.75, 3.05) is 0 Å². The Hall–Kier alpha value is -3.13. The molecule has 0 radical (unpaired) electrons. The lowest BCUT2D eigenvalue weighted by molar-refractivity contribution is -0.0980. The number of carbonyl (C=O) groups is 2. The van der Waals surface area contributed by atoms with E-state index in [1.807, 2.05) is 6.79 Å². The SMILES string of the molecule is C=O.O=C(NC1(O)CC2CCC1C2)c1ccnc2nc(-c3ccc(F)cc3)[nH]c12. The van der Waals surface area contributed by atoms with Gasteiger partial charge in [-0.05, 0) is 61.9 Å². The van der Waals surface area contributed by atoms with Crippen LogP contribution in [0.4, 0.5) is 4.39 Å². The number of benzene rings is 1. The van der Waals surface area contributed by atoms with Crippen molar-refractivity contribution >= 4 is 23.9 Å². The van der Waals surface area contributed by atoms with E-state index in [-0.39, 0.29) is 17.6 Å². The molecule has 1 amide bonds. The molecule has 5 rings (SSSR count). The van der Waals surface area contributed by atoms with Gasteiger partial charge in [0, 0.05) is 17.7 Å². The number of nitrogens with one attached hydrogen (secondary N) is 2. The van der Waals surface area contributed by atoms with Crippen LogP contribution in [0.15, 0.2) is 36.5 Å². The summed E-state index contributed by atoms with van der Waals surface area (Å²) >= 11 is 0. The molecule has 0 saturated heterocycles. The second kappa shape index (κ2) is 7.36. The van der Waals surface area contributed by atoms with E-state index in [1.54, 1.807) is 18.2 Å². The van der Waals surface area contributed by atoms with Crippen LogP contribution in [-0.2, 0) is 4.79 Å². The number of carbonyl (C=O) groups excluding carboxylic acids is 2. The van der Waals surface area contributed by atoms with Crippen molar-refractivity contribution in [2.45, 2.75) is 31.4 Å². The molecule has 3 atom stereocenters. The first-order valence-electron chi connectivity index (χ1n) is 9.46. The van der Waals surface area contributed by atoms with Crippen LogP contribution in [0.3, 0.4) is 0 Å². The summed E-state index contributed by atoms with van der Waals surface area (Å²) < 4.78 is 13.2. The standard InChI is InChI=1S/C20H19FN4O2.CH2O/c21-14-5-2-12(3-6-14)17-23-16-15(7-8-22-18(16)24-17)19(26)25-20(27)10-11-1-4-13(20)9-11;1-2/h2-3,5-8,11,13,27H,1,4,9-10H2,(H,25,26)(H,22,23,24);1H2. The highest BCUT2D eigenvalue weighted by Gasteiger charge is 2.50. The minimum Gasteiger partial charge on any atom is -0.371 e. The number of halogens is 1. The third-order valence-corrected chi connectivity index (χ3v) is 5.90. The number of rotatable bonds is 3. The van der Waals surface area contributed by atoms with Crippen LogP contribution in [0.1, 0.15) is 36.0 Å². The van der Waals surface area contributed by atoms with Gasteiger partial charge < -0.3 is 20.2 Å². The number of amides is 1. The van der Waals surface area contributed by atoms with Crippen molar-refractivity contribution < 1.29 is 19.1 Å². The molecule has 2 fully saturated rings. The van der Waals surface area contributed by atoms with Gasteiger partial charge in [0.05, 0.1) is 11.1 Å². The van der Waals surface area contributed by atoms with Gasteiger partial charge in [-0.25, -0.2) is 14.4 Å². The van der Waals surface area contributed by atoms with Gasteiger partial charge >= 0.3 is 0 Å². The van der Waals surface area contributed by atoms with Gasteiger partial charge in [-0.1, -0.05) is 0 Å². The second-order valence-corrected chi connectivity index (χ2v) is 7.61. The number of aliphatic hydroxyl groups is 1. The van der Waals surface area contributed by atoms with Gasteiger partial charge in [0.2, 0.25) is 0 Å². The first-order chi connectivity index (χ1) is 14.0. The van der Waals surface area contributed by atoms with Crippen LogP contribution in [0.5, 0.6) is 0 Å². The predicted octanol–water partition coefficient (Wildman–Crippen LogP) is 2.82. The predicted molar refractivity (Wildman–Crippen MR) is 104 cm³/mol. The highest BCUT2D eigenvalue weighted by atomic mass is 19.1. The molecule has 7 nitrogen and oxygen atoms in total. The van der Waals surface area contributed by atoms with E-state index in [4.69, 9.17) is 4.79 Å². The minimum absolute atomic E-state index is 0.125. The lowest BCUT2D eigenvalue weighted by Gasteiger charge is -2.33. The third-order valence-electron chi connectivity index (χ3n) is 5.90. The first-order valence-corrected chi connectivity index (χ1v) is 9.46. The number of H-pyrrole nitrogens is 1. The van der Waals surface area contributed by atoms with Crippen molar-refractivity contribution in [1.29, 1.82) is 0 Å². The Morgan fingerprint density at radius 3 is 2.66 bits per heavy atom. The molecule has 2 aromatic heterocycles. The number of fused-ring (bicyclic) bond motifs is 3. The molecule has 3 aromatic rings. The van der Waals surface area contributed by atoms with Gasteiger partial charge in [0.25, 0.3) is 5.91 Å². The number of aromatic nitrogens is 3. The summed E-state index contributed by atoms with van der Waals surface area (Å²) in [4.78, 5) is 32.6. The molecule has 29 heavy (non-hydrogen) atoms. The van der Waals surface area contributed by atoms with Crippen LogP contribution in [0.2, 0.25) is 0 Å². The normalized spacial score (nSPS) is 24.9. The minimum atomic E-state index is -1.13. The van der Waals surface area contributed by atoms with Crippen LogP contribution < -0.4 is 5.32 Å². The average Bonchev–Trinajstić information content (AvgIpc) is 3.43. The second-order valence-electron chi connectivity index (χ2n) is 7.61. The quantitative estimate of drug-likeness (QED) is 0.590. The molecule has 2 saturated carbocycles. The fourth-order valence-electron chi connectivity index (χ4n) is 4.56. The lowest BCUT2D eigenvalue weighted by atomic mass is 9.91. The molecule has 0 aliphatic heterocycles. The number of hydrogen-bond donors (Lipinski definition) is 3. The van der Waals surface area contributed by atoms with Crippen LogP contribution in [0, 0.1) is 17.7 Å². The molecule has 150 valence electrons. The summed E-state index contributed by atoms with van der Waals surface area (Å²) in [6.45, 7) is 2.00. The molecule has 3 N–H and O–H groups in total. The Balaban J connectivity index is 0.000000994. The topological polar surface area (TPSA) is 108 Å². The molecule has 2 aliphatic rings. The fraction of sp³-hybridized carbons (Fsp3) is 0.333. The van der Waals surface area contributed by atoms with E-state index in [9.17, 15) is 14.3 Å². The molecule has 2 heterocycles. The van der Waals surface area contributed by atoms with Crippen LogP contribution in [-0.4, -0.2) is 38.5 Å². The van der Waals surface area contributed by atoms with Gasteiger partial charge in [-0.2, -0.15) is 0 Å². The van der Waals surface area contributed by atoms with Gasteiger partial charge in [0.15, 0.2) is 5.65 Å². The number of nitrogens with zero attached hydrogens (tertiary/aromatic N) is 2. The summed E-state index contributed by atoms with van der Waals surface area (Å²) in [7, 11) is 0. The maximum atomic E-state index is 13.2. The maximum absolute atomic E-state index is 13.2. The average molecular weight is 396 g/mol. The largest absolute Gasteiger partial charge is 0.371 e. The summed E-state index contributed by atoms with van der Waals surface area (Å²) in [6.07, 6.45) is 5.19. The van der Waals surface area contributed by atoms with E-state index < -0.39 is 5.72 Å². The highest BCUT2D eigenvalue weighted by molar-refractivity contribution is 6.04. The van der Waals surface area contributed by atoms with E-state index in [2.05, 4.69) is 20.3 Å². The molecular formula is C21H21FN4O3. The van der Waals surface area contributed by atoms with Gasteiger partial charge in [-0.15, -0.1) is 0 Å². The van der Waals surface area contributed by atoms with Crippen molar-refractivity contribution in [1.82, 2.24) is 20.3 Å². The highest BCUT2D eigenvalue weighted by Crippen LogP contribution is 2.49. The van der Waals surface area contributed by atoms with Crippen molar-refractivity contribution in [3.8, 4) is 11.4 Å². The Bertz CT molecular complexity index is 1050. The molecule has 2 aliphatic carbocycles. The van der Waals surface area contributed by atoms with Crippen molar-refractivity contribution in [2.24, 2.45) is 11.8 Å². The van der Waals surface area contributed by atoms with Crippen molar-refractivity contribution in [3.05, 3.63) is 47.9 Å². The monoisotopic (exact) mass is 396 g/mol. The van der Waals surface area contributed by atoms with Crippen LogP contribution in [0.25, 0.3) is 22.6 Å². The molecule has 8 heteroatoms. The van der Waals surface area contributed by atoms with Crippen LogP contribution >= 0.6 is 0 Å². The van der Waals surface area contributed by atoms with E-state index in [0.29, 0.717) is 40.5 Å². The molecule has 1 aromatic carbocycles. The third kappa shape index (κ3) is 3.40. The smallest absolute Gasteiger partial charge is 0.255 e. The number of pyridine rings is 1. The number of imidazole rings is 1. The van der Waals surface area contributed by atoms with Gasteiger partial charge in [0.1, 0.15) is 24.2 Å². The van der Waals surface area contributed by atoms with E-state index in [0.717, 1.165) is 19.3 Å². The Morgan fingerprint density at radius 2 is 2.00 bits per heavy atom. The molecule has 0 spiro atoms. The zero-order valence-corrected chi connectivity index (χ0v) is 15.7. The van der Waals surface area contributed by atoms with E-state index >= 15 is 0 Å². The first kappa shape index (κ1) is 19.2. The molecular weight excluding hydrogens is 375 g/mol. The Kier molecular flexibility index (Phi) is 4.87. The zero-order chi connectivity index (χ0) is 20.6.